The highest BCUT2D eigenvalue weighted by atomic mass is 16.5. The van der Waals surface area contributed by atoms with Gasteiger partial charge in [0, 0.05) is 19.5 Å². The van der Waals surface area contributed by atoms with Crippen LogP contribution in [0.3, 0.4) is 0 Å². The number of carbonyl (C=O) groups is 2. The summed E-state index contributed by atoms with van der Waals surface area (Å²) in [7, 11) is 0. The molecule has 1 atom stereocenters. The molecular weight excluding hydrogens is 328 g/mol. The Morgan fingerprint density at radius 1 is 1.19 bits per heavy atom. The fourth-order valence-corrected chi connectivity index (χ4v) is 3.22. The Morgan fingerprint density at radius 2 is 1.88 bits per heavy atom. The van der Waals surface area contributed by atoms with E-state index >= 15 is 0 Å². The van der Waals surface area contributed by atoms with E-state index in [2.05, 4.69) is 19.2 Å². The maximum Gasteiger partial charge on any atom is 0.243 e. The van der Waals surface area contributed by atoms with Gasteiger partial charge in [-0.3, -0.25) is 9.59 Å². The minimum atomic E-state index is -0.364. The van der Waals surface area contributed by atoms with Crippen LogP contribution in [0.5, 0.6) is 5.75 Å². The van der Waals surface area contributed by atoms with Crippen LogP contribution in [0, 0.1) is 11.8 Å². The second-order valence-electron chi connectivity index (χ2n) is 7.77. The average molecular weight is 360 g/mol. The highest BCUT2D eigenvalue weighted by Gasteiger charge is 2.34. The molecule has 144 valence electrons. The van der Waals surface area contributed by atoms with Crippen molar-refractivity contribution >= 4 is 11.8 Å². The summed E-state index contributed by atoms with van der Waals surface area (Å²) in [6, 6.07) is 7.65. The first-order valence-electron chi connectivity index (χ1n) is 9.67. The van der Waals surface area contributed by atoms with Crippen LogP contribution in [0.1, 0.15) is 46.1 Å². The third kappa shape index (κ3) is 5.75. The highest BCUT2D eigenvalue weighted by molar-refractivity contribution is 5.88. The molecule has 1 aliphatic rings. The quantitative estimate of drug-likeness (QED) is 0.736. The summed E-state index contributed by atoms with van der Waals surface area (Å²) in [4.78, 5) is 26.3. The Hall–Kier alpha value is -2.04. The molecule has 1 N–H and O–H groups in total. The molecule has 1 aromatic carbocycles. The van der Waals surface area contributed by atoms with Crippen LogP contribution in [-0.2, 0) is 16.0 Å². The SMILES string of the molecule is CC(C)COc1ccc(CCNC(=O)C(C(C)C)N2CCCC2=O)cc1. The van der Waals surface area contributed by atoms with Crippen molar-refractivity contribution in [3.8, 4) is 5.75 Å². The zero-order chi connectivity index (χ0) is 19.1. The number of nitrogens with zero attached hydrogens (tertiary/aromatic N) is 1. The molecule has 0 spiro atoms. The molecule has 1 unspecified atom stereocenters. The van der Waals surface area contributed by atoms with Gasteiger partial charge in [-0.1, -0.05) is 39.8 Å². The van der Waals surface area contributed by atoms with Crippen molar-refractivity contribution in [3.63, 3.8) is 0 Å². The molecule has 1 saturated heterocycles. The molecule has 0 saturated carbocycles. The first-order valence-corrected chi connectivity index (χ1v) is 9.67. The van der Waals surface area contributed by atoms with Crippen LogP contribution < -0.4 is 10.1 Å². The number of ether oxygens (including phenoxy) is 1. The number of benzene rings is 1. The van der Waals surface area contributed by atoms with Crippen LogP contribution in [0.15, 0.2) is 24.3 Å². The molecule has 1 aromatic rings. The first-order chi connectivity index (χ1) is 12.4. The number of rotatable bonds is 9. The van der Waals surface area contributed by atoms with E-state index in [9.17, 15) is 9.59 Å². The Morgan fingerprint density at radius 3 is 2.42 bits per heavy atom. The normalized spacial score (nSPS) is 15.6. The number of carbonyl (C=O) groups excluding carboxylic acids is 2. The van der Waals surface area contributed by atoms with E-state index in [1.807, 2.05) is 38.1 Å². The van der Waals surface area contributed by atoms with Crippen LogP contribution in [0.2, 0.25) is 0 Å². The van der Waals surface area contributed by atoms with Gasteiger partial charge in [0.05, 0.1) is 6.61 Å². The Labute approximate surface area is 157 Å². The molecule has 1 aliphatic heterocycles. The van der Waals surface area contributed by atoms with E-state index in [1.165, 1.54) is 0 Å². The molecule has 5 nitrogen and oxygen atoms in total. The van der Waals surface area contributed by atoms with Gasteiger partial charge in [-0.05, 0) is 42.4 Å². The van der Waals surface area contributed by atoms with E-state index in [0.717, 1.165) is 24.2 Å². The molecule has 26 heavy (non-hydrogen) atoms. The summed E-state index contributed by atoms with van der Waals surface area (Å²) in [5.74, 6) is 1.53. The minimum Gasteiger partial charge on any atom is -0.493 e. The molecule has 0 radical (unpaired) electrons. The summed E-state index contributed by atoms with van der Waals surface area (Å²) >= 11 is 0. The topological polar surface area (TPSA) is 58.6 Å². The predicted octanol–water partition coefficient (Wildman–Crippen LogP) is 3.03. The lowest BCUT2D eigenvalue weighted by molar-refractivity contribution is -0.139. The summed E-state index contributed by atoms with van der Waals surface area (Å²) in [6.45, 7) is 10.2. The van der Waals surface area contributed by atoms with Gasteiger partial charge in [-0.15, -0.1) is 0 Å². The standard InChI is InChI=1S/C21H32N2O3/c1-15(2)14-26-18-9-7-17(8-10-18)11-12-22-21(25)20(16(3)4)23-13-5-6-19(23)24/h7-10,15-16,20H,5-6,11-14H2,1-4H3,(H,22,25). The summed E-state index contributed by atoms with van der Waals surface area (Å²) in [5, 5.41) is 3.00. The number of likely N-dealkylation sites (tertiary alicyclic amines) is 1. The summed E-state index contributed by atoms with van der Waals surface area (Å²) in [5.41, 5.74) is 1.15. The smallest absolute Gasteiger partial charge is 0.243 e. The predicted molar refractivity (Wildman–Crippen MR) is 103 cm³/mol. The van der Waals surface area contributed by atoms with Gasteiger partial charge in [0.25, 0.3) is 0 Å². The van der Waals surface area contributed by atoms with Crippen LogP contribution in [0.4, 0.5) is 0 Å². The highest BCUT2D eigenvalue weighted by Crippen LogP contribution is 2.19. The lowest BCUT2D eigenvalue weighted by atomic mass is 10.0. The van der Waals surface area contributed by atoms with Crippen molar-refractivity contribution in [2.24, 2.45) is 11.8 Å². The maximum absolute atomic E-state index is 12.6. The van der Waals surface area contributed by atoms with Crippen molar-refractivity contribution in [2.45, 2.75) is 53.0 Å². The number of hydrogen-bond donors (Lipinski definition) is 1. The van der Waals surface area contributed by atoms with Gasteiger partial charge >= 0.3 is 0 Å². The lowest BCUT2D eigenvalue weighted by Gasteiger charge is -2.29. The number of hydrogen-bond acceptors (Lipinski definition) is 3. The summed E-state index contributed by atoms with van der Waals surface area (Å²) in [6.07, 6.45) is 2.16. The second kappa shape index (κ2) is 9.60. The van der Waals surface area contributed by atoms with Gasteiger partial charge in [-0.25, -0.2) is 0 Å². The van der Waals surface area contributed by atoms with E-state index in [4.69, 9.17) is 4.74 Å². The lowest BCUT2D eigenvalue weighted by Crippen LogP contribution is -2.50. The fourth-order valence-electron chi connectivity index (χ4n) is 3.22. The number of amides is 2. The van der Waals surface area contributed by atoms with Crippen molar-refractivity contribution < 1.29 is 14.3 Å². The molecule has 1 heterocycles. The average Bonchev–Trinajstić information content (AvgIpc) is 2.99. The van der Waals surface area contributed by atoms with Crippen LogP contribution in [-0.4, -0.2) is 42.5 Å². The van der Waals surface area contributed by atoms with Gasteiger partial charge in [-0.2, -0.15) is 0 Å². The van der Waals surface area contributed by atoms with E-state index in [-0.39, 0.29) is 23.8 Å². The van der Waals surface area contributed by atoms with Gasteiger partial charge in [0.15, 0.2) is 0 Å². The fraction of sp³-hybridized carbons (Fsp3) is 0.619. The first kappa shape index (κ1) is 20.3. The number of nitrogens with one attached hydrogen (secondary N) is 1. The van der Waals surface area contributed by atoms with E-state index in [0.29, 0.717) is 32.0 Å². The van der Waals surface area contributed by atoms with Gasteiger partial charge in [0.1, 0.15) is 11.8 Å². The molecule has 5 heteroatoms. The van der Waals surface area contributed by atoms with E-state index < -0.39 is 0 Å². The zero-order valence-corrected chi connectivity index (χ0v) is 16.5. The molecule has 1 fully saturated rings. The monoisotopic (exact) mass is 360 g/mol. The Bertz CT molecular complexity index is 596. The Balaban J connectivity index is 1.82. The van der Waals surface area contributed by atoms with Crippen molar-refractivity contribution in [1.82, 2.24) is 10.2 Å². The third-order valence-electron chi connectivity index (χ3n) is 4.57. The summed E-state index contributed by atoms with van der Waals surface area (Å²) < 4.78 is 5.68. The molecule has 2 amide bonds. The second-order valence-corrected chi connectivity index (χ2v) is 7.77. The molecule has 2 rings (SSSR count). The van der Waals surface area contributed by atoms with Crippen molar-refractivity contribution in [1.29, 1.82) is 0 Å². The largest absolute Gasteiger partial charge is 0.493 e. The van der Waals surface area contributed by atoms with Gasteiger partial charge in [0.2, 0.25) is 11.8 Å². The van der Waals surface area contributed by atoms with Crippen molar-refractivity contribution in [3.05, 3.63) is 29.8 Å². The molecule has 0 aliphatic carbocycles. The molecular formula is C21H32N2O3. The van der Waals surface area contributed by atoms with Gasteiger partial charge < -0.3 is 15.0 Å². The zero-order valence-electron chi connectivity index (χ0n) is 16.5. The molecule has 0 aromatic heterocycles. The Kier molecular flexibility index (Phi) is 7.49. The minimum absolute atomic E-state index is 0.0489. The maximum atomic E-state index is 12.6. The van der Waals surface area contributed by atoms with Crippen molar-refractivity contribution in [2.75, 3.05) is 19.7 Å². The molecule has 0 bridgehead atoms. The van der Waals surface area contributed by atoms with Crippen LogP contribution in [0.25, 0.3) is 0 Å². The van der Waals surface area contributed by atoms with Crippen LogP contribution >= 0.6 is 0 Å². The third-order valence-corrected chi connectivity index (χ3v) is 4.57. The van der Waals surface area contributed by atoms with E-state index in [1.54, 1.807) is 4.90 Å².